The van der Waals surface area contributed by atoms with Crippen molar-refractivity contribution in [3.8, 4) is 0 Å². The molecule has 1 aliphatic heterocycles. The van der Waals surface area contributed by atoms with E-state index in [-0.39, 0.29) is 5.82 Å². The Morgan fingerprint density at radius 1 is 1.26 bits per heavy atom. The highest BCUT2D eigenvalue weighted by atomic mass is 16.4. The van der Waals surface area contributed by atoms with Gasteiger partial charge in [0.05, 0.1) is 0 Å². The minimum Gasteiger partial charge on any atom is -0.475 e. The Labute approximate surface area is 112 Å². The monoisotopic (exact) mass is 262 g/mol. The zero-order chi connectivity index (χ0) is 13.2. The van der Waals surface area contributed by atoms with E-state index in [0.29, 0.717) is 0 Å². The Hall–Kier alpha value is -1.69. The number of nitrogens with zero attached hydrogens (tertiary/aromatic N) is 4. The minimum absolute atomic E-state index is 0.126. The van der Waals surface area contributed by atoms with Gasteiger partial charge in [-0.15, -0.1) is 0 Å². The maximum Gasteiger partial charge on any atom is 0.374 e. The lowest BCUT2D eigenvalue weighted by molar-refractivity contribution is 0.0683. The molecule has 2 fully saturated rings. The van der Waals surface area contributed by atoms with Gasteiger partial charge in [-0.25, -0.2) is 14.8 Å². The second kappa shape index (κ2) is 5.13. The van der Waals surface area contributed by atoms with Crippen molar-refractivity contribution in [1.29, 1.82) is 0 Å². The van der Waals surface area contributed by atoms with Crippen molar-refractivity contribution in [2.45, 2.75) is 25.3 Å². The van der Waals surface area contributed by atoms with E-state index in [1.54, 1.807) is 6.07 Å². The average molecular weight is 262 g/mol. The van der Waals surface area contributed by atoms with Crippen molar-refractivity contribution in [3.63, 3.8) is 0 Å². The first kappa shape index (κ1) is 12.3. The summed E-state index contributed by atoms with van der Waals surface area (Å²) >= 11 is 0. The summed E-state index contributed by atoms with van der Waals surface area (Å²) in [5, 5.41) is 8.91. The van der Waals surface area contributed by atoms with Gasteiger partial charge < -0.3 is 10.0 Å². The van der Waals surface area contributed by atoms with Gasteiger partial charge in [0.25, 0.3) is 0 Å². The van der Waals surface area contributed by atoms with Crippen molar-refractivity contribution in [1.82, 2.24) is 14.9 Å². The molecule has 0 spiro atoms. The van der Waals surface area contributed by atoms with E-state index < -0.39 is 5.97 Å². The predicted molar refractivity (Wildman–Crippen MR) is 70.4 cm³/mol. The molecule has 1 aromatic rings. The lowest BCUT2D eigenvalue weighted by Gasteiger charge is -2.43. The number of aromatic nitrogens is 2. The molecule has 0 aromatic carbocycles. The number of anilines is 1. The lowest BCUT2D eigenvalue weighted by Crippen LogP contribution is -2.52. The molecule has 2 heterocycles. The van der Waals surface area contributed by atoms with E-state index in [0.717, 1.165) is 38.0 Å². The Kier molecular flexibility index (Phi) is 3.33. The van der Waals surface area contributed by atoms with E-state index in [9.17, 15) is 4.79 Å². The minimum atomic E-state index is -1.07. The van der Waals surface area contributed by atoms with Gasteiger partial charge in [0.2, 0.25) is 5.82 Å². The fourth-order valence-electron chi connectivity index (χ4n) is 2.70. The molecular formula is C13H18N4O2. The van der Waals surface area contributed by atoms with E-state index in [1.807, 2.05) is 0 Å². The van der Waals surface area contributed by atoms with E-state index in [2.05, 4.69) is 19.8 Å². The summed E-state index contributed by atoms with van der Waals surface area (Å²) in [6, 6.07) is 2.56. The number of carboxylic acid groups (broad SMARTS) is 1. The first-order valence-corrected chi connectivity index (χ1v) is 6.79. The number of carboxylic acids is 1. The van der Waals surface area contributed by atoms with Gasteiger partial charge in [-0.05, 0) is 18.9 Å². The van der Waals surface area contributed by atoms with Crippen LogP contribution >= 0.6 is 0 Å². The maximum absolute atomic E-state index is 10.9. The highest BCUT2D eigenvalue weighted by molar-refractivity contribution is 5.83. The van der Waals surface area contributed by atoms with Gasteiger partial charge in [0.1, 0.15) is 5.82 Å². The molecule has 102 valence electrons. The first-order valence-electron chi connectivity index (χ1n) is 6.79. The number of rotatable bonds is 3. The second-order valence-corrected chi connectivity index (χ2v) is 5.15. The van der Waals surface area contributed by atoms with Crippen LogP contribution in [-0.2, 0) is 0 Å². The molecule has 1 saturated heterocycles. The van der Waals surface area contributed by atoms with Gasteiger partial charge in [0.15, 0.2) is 0 Å². The maximum atomic E-state index is 10.9. The zero-order valence-corrected chi connectivity index (χ0v) is 10.8. The SMILES string of the molecule is O=C(O)c1nccc(N2CCN(C3CCC3)CC2)n1. The Bertz CT molecular complexity index is 467. The quantitative estimate of drug-likeness (QED) is 0.871. The highest BCUT2D eigenvalue weighted by Crippen LogP contribution is 2.26. The average Bonchev–Trinajstić information content (AvgIpc) is 2.38. The molecule has 2 aliphatic rings. The molecular weight excluding hydrogens is 244 g/mol. The van der Waals surface area contributed by atoms with Crippen LogP contribution in [0.1, 0.15) is 29.9 Å². The summed E-state index contributed by atoms with van der Waals surface area (Å²) in [7, 11) is 0. The zero-order valence-electron chi connectivity index (χ0n) is 10.8. The molecule has 0 bridgehead atoms. The summed E-state index contributed by atoms with van der Waals surface area (Å²) < 4.78 is 0. The van der Waals surface area contributed by atoms with Gasteiger partial charge in [0, 0.05) is 38.4 Å². The summed E-state index contributed by atoms with van der Waals surface area (Å²) in [4.78, 5) is 23.4. The van der Waals surface area contributed by atoms with Crippen LogP contribution in [-0.4, -0.2) is 58.2 Å². The van der Waals surface area contributed by atoms with Crippen molar-refractivity contribution >= 4 is 11.8 Å². The van der Waals surface area contributed by atoms with Gasteiger partial charge in [-0.2, -0.15) is 0 Å². The molecule has 6 nitrogen and oxygen atoms in total. The van der Waals surface area contributed by atoms with E-state index in [1.165, 1.54) is 25.5 Å². The van der Waals surface area contributed by atoms with Crippen molar-refractivity contribution in [2.75, 3.05) is 31.1 Å². The third-order valence-electron chi connectivity index (χ3n) is 4.06. The van der Waals surface area contributed by atoms with Gasteiger partial charge >= 0.3 is 5.97 Å². The van der Waals surface area contributed by atoms with Crippen LogP contribution in [0.3, 0.4) is 0 Å². The molecule has 6 heteroatoms. The van der Waals surface area contributed by atoms with Crippen LogP contribution in [0.25, 0.3) is 0 Å². The van der Waals surface area contributed by atoms with Crippen LogP contribution in [0.15, 0.2) is 12.3 Å². The highest BCUT2D eigenvalue weighted by Gasteiger charge is 2.28. The van der Waals surface area contributed by atoms with Gasteiger partial charge in [-0.1, -0.05) is 6.42 Å². The first-order chi connectivity index (χ1) is 9.24. The molecule has 19 heavy (non-hydrogen) atoms. The number of aromatic carboxylic acids is 1. The summed E-state index contributed by atoms with van der Waals surface area (Å²) in [6.07, 6.45) is 5.54. The number of hydrogen-bond donors (Lipinski definition) is 1. The molecule has 1 aliphatic carbocycles. The van der Waals surface area contributed by atoms with Crippen molar-refractivity contribution < 1.29 is 9.90 Å². The van der Waals surface area contributed by atoms with Crippen LogP contribution in [0.5, 0.6) is 0 Å². The fourth-order valence-corrected chi connectivity index (χ4v) is 2.70. The Morgan fingerprint density at radius 2 is 2.00 bits per heavy atom. The normalized spacial score (nSPS) is 21.2. The van der Waals surface area contributed by atoms with Crippen molar-refractivity contribution in [3.05, 3.63) is 18.1 Å². The largest absolute Gasteiger partial charge is 0.475 e. The van der Waals surface area contributed by atoms with Crippen LogP contribution < -0.4 is 4.90 Å². The molecule has 1 N–H and O–H groups in total. The lowest BCUT2D eigenvalue weighted by atomic mass is 9.91. The predicted octanol–water partition coefficient (Wildman–Crippen LogP) is 0.849. The topological polar surface area (TPSA) is 69.6 Å². The van der Waals surface area contributed by atoms with Crippen molar-refractivity contribution in [2.24, 2.45) is 0 Å². The van der Waals surface area contributed by atoms with Crippen LogP contribution in [0, 0.1) is 0 Å². The molecule has 1 aromatic heterocycles. The summed E-state index contributed by atoms with van der Waals surface area (Å²) in [6.45, 7) is 3.90. The number of piperazine rings is 1. The van der Waals surface area contributed by atoms with Crippen LogP contribution in [0.2, 0.25) is 0 Å². The second-order valence-electron chi connectivity index (χ2n) is 5.15. The molecule has 0 amide bonds. The standard InChI is InChI=1S/C13H18N4O2/c18-13(19)12-14-5-4-11(15-12)17-8-6-16(7-9-17)10-2-1-3-10/h4-5,10H,1-3,6-9H2,(H,18,19). The molecule has 1 saturated carbocycles. The third-order valence-corrected chi connectivity index (χ3v) is 4.06. The number of carbonyl (C=O) groups is 1. The Morgan fingerprint density at radius 3 is 2.58 bits per heavy atom. The molecule has 0 unspecified atom stereocenters. The Balaban J connectivity index is 1.64. The van der Waals surface area contributed by atoms with Gasteiger partial charge in [-0.3, -0.25) is 4.90 Å². The number of hydrogen-bond acceptors (Lipinski definition) is 5. The molecule has 0 radical (unpaired) electrons. The van der Waals surface area contributed by atoms with E-state index >= 15 is 0 Å². The smallest absolute Gasteiger partial charge is 0.374 e. The van der Waals surface area contributed by atoms with E-state index in [4.69, 9.17) is 5.11 Å². The molecule has 3 rings (SSSR count). The molecule has 0 atom stereocenters. The third kappa shape index (κ3) is 2.53. The van der Waals surface area contributed by atoms with Crippen LogP contribution in [0.4, 0.5) is 5.82 Å². The summed E-state index contributed by atoms with van der Waals surface area (Å²) in [5.41, 5.74) is 0. The summed E-state index contributed by atoms with van der Waals surface area (Å²) in [5.74, 6) is -0.477. The fraction of sp³-hybridized carbons (Fsp3) is 0.615.